The lowest BCUT2D eigenvalue weighted by Gasteiger charge is -2.32. The Morgan fingerprint density at radius 1 is 1.05 bits per heavy atom. The van der Waals surface area contributed by atoms with Gasteiger partial charge in [0, 0.05) is 17.6 Å². The normalized spacial score (nSPS) is 14.3. The van der Waals surface area contributed by atoms with Crippen molar-refractivity contribution in [2.75, 3.05) is 18.0 Å². The van der Waals surface area contributed by atoms with Gasteiger partial charge in [0.15, 0.2) is 0 Å². The summed E-state index contributed by atoms with van der Waals surface area (Å²) < 4.78 is 47.5. The van der Waals surface area contributed by atoms with Gasteiger partial charge in [0.2, 0.25) is 11.8 Å². The SMILES string of the molecule is COc1ccc(S(=O)(=O)N(CC(=O)N(Cc2ccc(F)cc2)C(C)C(=O)NC2CCCC2)c2cccc(Cl)c2)cc1. The van der Waals surface area contributed by atoms with Crippen molar-refractivity contribution in [1.29, 1.82) is 0 Å². The summed E-state index contributed by atoms with van der Waals surface area (Å²) in [6.07, 6.45) is 3.78. The first-order valence-corrected chi connectivity index (χ1v) is 15.2. The van der Waals surface area contributed by atoms with Crippen LogP contribution in [0.25, 0.3) is 0 Å². The van der Waals surface area contributed by atoms with Gasteiger partial charge in [-0.25, -0.2) is 12.8 Å². The Balaban J connectivity index is 1.68. The van der Waals surface area contributed by atoms with Crippen molar-refractivity contribution in [3.63, 3.8) is 0 Å². The van der Waals surface area contributed by atoms with Crippen LogP contribution in [0, 0.1) is 5.82 Å². The molecule has 1 N–H and O–H groups in total. The second-order valence-electron chi connectivity index (χ2n) is 9.98. The zero-order valence-electron chi connectivity index (χ0n) is 22.9. The fourth-order valence-electron chi connectivity index (χ4n) is 4.80. The van der Waals surface area contributed by atoms with Crippen molar-refractivity contribution in [1.82, 2.24) is 10.2 Å². The van der Waals surface area contributed by atoms with Crippen molar-refractivity contribution in [2.24, 2.45) is 0 Å². The van der Waals surface area contributed by atoms with Crippen LogP contribution in [0.1, 0.15) is 38.2 Å². The molecule has 0 saturated heterocycles. The summed E-state index contributed by atoms with van der Waals surface area (Å²) >= 11 is 6.20. The molecule has 0 bridgehead atoms. The Hall–Kier alpha value is -3.63. The largest absolute Gasteiger partial charge is 0.497 e. The van der Waals surface area contributed by atoms with Gasteiger partial charge in [0.25, 0.3) is 10.0 Å². The van der Waals surface area contributed by atoms with E-state index < -0.39 is 34.3 Å². The molecule has 41 heavy (non-hydrogen) atoms. The first kappa shape index (κ1) is 30.3. The Bertz CT molecular complexity index is 1460. The second-order valence-corrected chi connectivity index (χ2v) is 12.3. The van der Waals surface area contributed by atoms with E-state index in [0.717, 1.165) is 30.0 Å². The molecule has 2 amide bonds. The predicted octanol–water partition coefficient (Wildman–Crippen LogP) is 5.16. The van der Waals surface area contributed by atoms with Gasteiger partial charge in [0.05, 0.1) is 17.7 Å². The van der Waals surface area contributed by atoms with Gasteiger partial charge in [-0.05, 0) is 79.9 Å². The Kier molecular flexibility index (Phi) is 9.88. The maximum Gasteiger partial charge on any atom is 0.264 e. The van der Waals surface area contributed by atoms with Crippen molar-refractivity contribution in [3.05, 3.63) is 89.2 Å². The molecular formula is C30H33ClFN3O5S. The molecule has 0 aliphatic heterocycles. The third-order valence-electron chi connectivity index (χ3n) is 7.16. The average Bonchev–Trinajstić information content (AvgIpc) is 3.48. The number of anilines is 1. The number of amides is 2. The third-order valence-corrected chi connectivity index (χ3v) is 9.18. The maximum absolute atomic E-state index is 14.0. The van der Waals surface area contributed by atoms with E-state index in [-0.39, 0.29) is 34.1 Å². The number of halogens is 2. The molecular weight excluding hydrogens is 569 g/mol. The first-order valence-electron chi connectivity index (χ1n) is 13.3. The molecule has 8 nitrogen and oxygen atoms in total. The number of carbonyl (C=O) groups excluding carboxylic acids is 2. The van der Waals surface area contributed by atoms with Crippen LogP contribution < -0.4 is 14.4 Å². The van der Waals surface area contributed by atoms with Gasteiger partial charge in [-0.1, -0.05) is 42.6 Å². The monoisotopic (exact) mass is 601 g/mol. The summed E-state index contributed by atoms with van der Waals surface area (Å²) in [7, 11) is -2.77. The van der Waals surface area contributed by atoms with Crippen LogP contribution >= 0.6 is 11.6 Å². The molecule has 0 spiro atoms. The topological polar surface area (TPSA) is 96.0 Å². The molecule has 11 heteroatoms. The highest BCUT2D eigenvalue weighted by molar-refractivity contribution is 7.92. The van der Waals surface area contributed by atoms with E-state index in [1.807, 2.05) is 0 Å². The average molecular weight is 602 g/mol. The molecule has 1 atom stereocenters. The number of benzene rings is 3. The molecule has 1 unspecified atom stereocenters. The van der Waals surface area contributed by atoms with E-state index in [1.165, 1.54) is 66.6 Å². The van der Waals surface area contributed by atoms with Gasteiger partial charge in [-0.15, -0.1) is 0 Å². The zero-order chi connectivity index (χ0) is 29.6. The summed E-state index contributed by atoms with van der Waals surface area (Å²) in [5, 5.41) is 3.30. The van der Waals surface area contributed by atoms with Crippen LogP contribution in [0.3, 0.4) is 0 Å². The van der Waals surface area contributed by atoms with Crippen molar-refractivity contribution in [3.8, 4) is 5.75 Å². The predicted molar refractivity (Wildman–Crippen MR) is 156 cm³/mol. The molecule has 0 aromatic heterocycles. The number of carbonyl (C=O) groups is 2. The molecule has 3 aromatic rings. The van der Waals surface area contributed by atoms with Crippen LogP contribution in [0.2, 0.25) is 5.02 Å². The van der Waals surface area contributed by atoms with E-state index in [1.54, 1.807) is 25.1 Å². The fourth-order valence-corrected chi connectivity index (χ4v) is 6.39. The number of nitrogens with one attached hydrogen (secondary N) is 1. The number of hydrogen-bond donors (Lipinski definition) is 1. The van der Waals surface area contributed by atoms with Crippen LogP contribution in [0.5, 0.6) is 5.75 Å². The molecule has 1 saturated carbocycles. The lowest BCUT2D eigenvalue weighted by Crippen LogP contribution is -2.52. The Morgan fingerprint density at radius 3 is 2.32 bits per heavy atom. The second kappa shape index (κ2) is 13.4. The summed E-state index contributed by atoms with van der Waals surface area (Å²) in [5.74, 6) is -0.904. The molecule has 3 aromatic carbocycles. The van der Waals surface area contributed by atoms with Crippen LogP contribution in [-0.2, 0) is 26.2 Å². The summed E-state index contributed by atoms with van der Waals surface area (Å²) in [6.45, 7) is 0.981. The van der Waals surface area contributed by atoms with Crippen LogP contribution in [0.4, 0.5) is 10.1 Å². The van der Waals surface area contributed by atoms with Crippen molar-refractivity contribution in [2.45, 2.75) is 56.1 Å². The van der Waals surface area contributed by atoms with E-state index in [0.29, 0.717) is 11.3 Å². The lowest BCUT2D eigenvalue weighted by molar-refractivity contribution is -0.139. The number of methoxy groups -OCH3 is 1. The minimum atomic E-state index is -4.25. The Morgan fingerprint density at radius 2 is 1.71 bits per heavy atom. The highest BCUT2D eigenvalue weighted by Gasteiger charge is 2.33. The minimum Gasteiger partial charge on any atom is -0.497 e. The quantitative estimate of drug-likeness (QED) is 0.328. The maximum atomic E-state index is 14.0. The van der Waals surface area contributed by atoms with Gasteiger partial charge < -0.3 is 15.0 Å². The standard InChI is InChI=1S/C30H33ClFN3O5S/c1-21(30(37)33-25-7-3-4-8-25)34(19-22-10-12-24(32)13-11-22)29(36)20-35(26-9-5-6-23(31)18-26)41(38,39)28-16-14-27(40-2)15-17-28/h5-6,9-18,21,25H,3-4,7-8,19-20H2,1-2H3,(H,33,37). The van der Waals surface area contributed by atoms with E-state index >= 15 is 0 Å². The van der Waals surface area contributed by atoms with Gasteiger partial charge >= 0.3 is 0 Å². The van der Waals surface area contributed by atoms with E-state index in [9.17, 15) is 22.4 Å². The Labute approximate surface area is 245 Å². The third kappa shape index (κ3) is 7.56. The van der Waals surface area contributed by atoms with E-state index in [2.05, 4.69) is 5.32 Å². The molecule has 0 heterocycles. The number of nitrogens with zero attached hydrogens (tertiary/aromatic N) is 2. The molecule has 0 radical (unpaired) electrons. The number of sulfonamides is 1. The van der Waals surface area contributed by atoms with Crippen LogP contribution in [0.15, 0.2) is 77.7 Å². The van der Waals surface area contributed by atoms with Gasteiger partial charge in [0.1, 0.15) is 24.2 Å². The summed E-state index contributed by atoms with van der Waals surface area (Å²) in [5.41, 5.74) is 0.777. The van der Waals surface area contributed by atoms with Crippen molar-refractivity contribution >= 4 is 39.1 Å². The fraction of sp³-hybridized carbons (Fsp3) is 0.333. The molecule has 218 valence electrons. The smallest absolute Gasteiger partial charge is 0.264 e. The highest BCUT2D eigenvalue weighted by Crippen LogP contribution is 2.28. The number of hydrogen-bond acceptors (Lipinski definition) is 5. The summed E-state index contributed by atoms with van der Waals surface area (Å²) in [4.78, 5) is 28.5. The number of rotatable bonds is 11. The first-order chi connectivity index (χ1) is 19.6. The van der Waals surface area contributed by atoms with Crippen LogP contribution in [-0.4, -0.2) is 50.9 Å². The molecule has 4 rings (SSSR count). The number of ether oxygens (including phenoxy) is 1. The molecule has 1 fully saturated rings. The van der Waals surface area contributed by atoms with Gasteiger partial charge in [-0.3, -0.25) is 13.9 Å². The summed E-state index contributed by atoms with van der Waals surface area (Å²) in [6, 6.07) is 16.7. The zero-order valence-corrected chi connectivity index (χ0v) is 24.5. The van der Waals surface area contributed by atoms with E-state index in [4.69, 9.17) is 16.3 Å². The minimum absolute atomic E-state index is 0.0235. The highest BCUT2D eigenvalue weighted by atomic mass is 35.5. The molecule has 1 aliphatic carbocycles. The van der Waals surface area contributed by atoms with Crippen molar-refractivity contribution < 1.29 is 27.1 Å². The lowest BCUT2D eigenvalue weighted by atomic mass is 10.1. The molecule has 1 aliphatic rings. The van der Waals surface area contributed by atoms with Gasteiger partial charge in [-0.2, -0.15) is 0 Å².